The first-order valence-electron chi connectivity index (χ1n) is 11.0. The Kier molecular flexibility index (Phi) is 3.70. The van der Waals surface area contributed by atoms with Crippen molar-refractivity contribution in [3.8, 4) is 0 Å². The van der Waals surface area contributed by atoms with Gasteiger partial charge < -0.3 is 30.3 Å². The summed E-state index contributed by atoms with van der Waals surface area (Å²) in [5.41, 5.74) is 4.69. The van der Waals surface area contributed by atoms with E-state index in [9.17, 15) is 29.7 Å². The molecule has 3 aromatic heterocycles. The molecule has 36 heavy (non-hydrogen) atoms. The highest BCUT2D eigenvalue weighted by Crippen LogP contribution is 2.44. The molecule has 6 N–H and O–H groups in total. The van der Waals surface area contributed by atoms with Crippen molar-refractivity contribution in [1.82, 2.24) is 15.0 Å². The molecule has 0 aliphatic carbocycles. The molecule has 0 fully saturated rings. The van der Waals surface area contributed by atoms with Gasteiger partial charge >= 0.3 is 17.9 Å². The standard InChI is InChI=1S/C27H15N3O6/c31-25(32)10-1-4-16-13(7-10)19-20-14-8-11(26(33)34)2-5-17(14)29-23(20)24-21(22(19)28-16)15-9-12(27(35)36)3-6-18(15)30-24/h1-9,28-30H,(H,31,32)(H,33,34)(H,35,36). The molecule has 0 saturated heterocycles. The molecule has 4 aromatic carbocycles. The minimum absolute atomic E-state index is 0.120. The molecule has 7 aromatic rings. The van der Waals surface area contributed by atoms with Crippen molar-refractivity contribution >= 4 is 83.3 Å². The molecule has 9 heteroatoms. The first kappa shape index (κ1) is 20.1. The molecule has 7 rings (SSSR count). The van der Waals surface area contributed by atoms with Crippen molar-refractivity contribution in [2.75, 3.05) is 0 Å². The molecule has 0 bridgehead atoms. The summed E-state index contributed by atoms with van der Waals surface area (Å²) in [4.78, 5) is 45.4. The van der Waals surface area contributed by atoms with Gasteiger partial charge in [-0.25, -0.2) is 14.4 Å². The maximum atomic E-state index is 11.8. The fourth-order valence-electron chi connectivity index (χ4n) is 5.32. The van der Waals surface area contributed by atoms with Crippen LogP contribution in [0.2, 0.25) is 0 Å². The number of H-pyrrole nitrogens is 3. The zero-order valence-corrected chi connectivity index (χ0v) is 18.3. The van der Waals surface area contributed by atoms with E-state index < -0.39 is 17.9 Å². The lowest BCUT2D eigenvalue weighted by Gasteiger charge is -2.02. The molecule has 0 aliphatic rings. The summed E-state index contributed by atoms with van der Waals surface area (Å²) in [7, 11) is 0. The van der Waals surface area contributed by atoms with Gasteiger partial charge in [0, 0.05) is 48.9 Å². The molecule has 0 aliphatic heterocycles. The average Bonchev–Trinajstić information content (AvgIpc) is 3.53. The van der Waals surface area contributed by atoms with Gasteiger partial charge in [-0.3, -0.25) is 0 Å². The minimum atomic E-state index is -1.06. The summed E-state index contributed by atoms with van der Waals surface area (Å²) in [5.74, 6) is -3.16. The zero-order valence-electron chi connectivity index (χ0n) is 18.3. The lowest BCUT2D eigenvalue weighted by atomic mass is 9.99. The number of benzene rings is 4. The van der Waals surface area contributed by atoms with Crippen LogP contribution in [0, 0.1) is 0 Å². The van der Waals surface area contributed by atoms with E-state index in [1.54, 1.807) is 36.4 Å². The van der Waals surface area contributed by atoms with Gasteiger partial charge in [0.1, 0.15) is 0 Å². The molecule has 0 atom stereocenters. The minimum Gasteiger partial charge on any atom is -0.478 e. The highest BCUT2D eigenvalue weighted by molar-refractivity contribution is 6.39. The number of hydrogen-bond donors (Lipinski definition) is 6. The Morgan fingerprint density at radius 3 is 1.22 bits per heavy atom. The predicted molar refractivity (Wildman–Crippen MR) is 135 cm³/mol. The monoisotopic (exact) mass is 477 g/mol. The first-order chi connectivity index (χ1) is 17.3. The van der Waals surface area contributed by atoms with Gasteiger partial charge in [0.25, 0.3) is 0 Å². The van der Waals surface area contributed by atoms with Crippen molar-refractivity contribution < 1.29 is 29.7 Å². The van der Waals surface area contributed by atoms with Crippen LogP contribution >= 0.6 is 0 Å². The number of carboxylic acid groups (broad SMARTS) is 3. The number of rotatable bonds is 3. The summed E-state index contributed by atoms with van der Waals surface area (Å²) in [6, 6.07) is 14.5. The van der Waals surface area contributed by atoms with Crippen LogP contribution in [0.1, 0.15) is 31.1 Å². The third-order valence-electron chi connectivity index (χ3n) is 6.89. The highest BCUT2D eigenvalue weighted by atomic mass is 16.4. The van der Waals surface area contributed by atoms with Crippen LogP contribution in [-0.2, 0) is 0 Å². The van der Waals surface area contributed by atoms with E-state index >= 15 is 0 Å². The van der Waals surface area contributed by atoms with Crippen LogP contribution in [0.25, 0.3) is 65.4 Å². The van der Waals surface area contributed by atoms with Gasteiger partial charge in [-0.1, -0.05) is 0 Å². The van der Waals surface area contributed by atoms with E-state index in [1.807, 2.05) is 0 Å². The lowest BCUT2D eigenvalue weighted by Crippen LogP contribution is -1.95. The third kappa shape index (κ3) is 2.51. The summed E-state index contributed by atoms with van der Waals surface area (Å²) in [6.45, 7) is 0. The van der Waals surface area contributed by atoms with E-state index in [2.05, 4.69) is 15.0 Å². The molecule has 0 saturated carbocycles. The lowest BCUT2D eigenvalue weighted by molar-refractivity contribution is 0.0686. The number of carboxylic acids is 3. The molecule has 0 spiro atoms. The highest BCUT2D eigenvalue weighted by Gasteiger charge is 2.22. The van der Waals surface area contributed by atoms with Crippen LogP contribution in [-0.4, -0.2) is 48.2 Å². The van der Waals surface area contributed by atoms with Crippen molar-refractivity contribution in [3.05, 3.63) is 71.3 Å². The van der Waals surface area contributed by atoms with Gasteiger partial charge in [0.05, 0.1) is 33.2 Å². The van der Waals surface area contributed by atoms with Gasteiger partial charge in [-0.15, -0.1) is 0 Å². The van der Waals surface area contributed by atoms with Crippen molar-refractivity contribution in [1.29, 1.82) is 0 Å². The number of carbonyl (C=O) groups is 3. The zero-order chi connectivity index (χ0) is 24.9. The van der Waals surface area contributed by atoms with Crippen LogP contribution in [0.5, 0.6) is 0 Å². The largest absolute Gasteiger partial charge is 0.478 e. The fraction of sp³-hybridized carbons (Fsp3) is 0. The summed E-state index contributed by atoms with van der Waals surface area (Å²) >= 11 is 0. The quantitative estimate of drug-likeness (QED) is 0.192. The SMILES string of the molecule is O=C(O)c1ccc2[nH]c3c4[nH]c5ccc(C(=O)O)cc5c4c4c5cc(C(=O)O)ccc5[nH]c4c3c2c1. The van der Waals surface area contributed by atoms with Crippen molar-refractivity contribution in [2.24, 2.45) is 0 Å². The maximum absolute atomic E-state index is 11.8. The molecule has 9 nitrogen and oxygen atoms in total. The molecule has 3 heterocycles. The molecule has 0 amide bonds. The van der Waals surface area contributed by atoms with Gasteiger partial charge in [0.2, 0.25) is 0 Å². The number of fused-ring (bicyclic) bond motifs is 12. The maximum Gasteiger partial charge on any atom is 0.335 e. The molecule has 174 valence electrons. The van der Waals surface area contributed by atoms with E-state index in [4.69, 9.17) is 0 Å². The molecule has 0 radical (unpaired) electrons. The normalized spacial score (nSPS) is 12.0. The average molecular weight is 477 g/mol. The summed E-state index contributed by atoms with van der Waals surface area (Å²) in [5, 5.41) is 33.1. The van der Waals surface area contributed by atoms with Crippen LogP contribution < -0.4 is 0 Å². The topological polar surface area (TPSA) is 159 Å². The van der Waals surface area contributed by atoms with E-state index in [1.165, 1.54) is 18.2 Å². The number of aromatic carboxylic acids is 3. The number of nitrogens with one attached hydrogen (secondary N) is 3. The number of hydrogen-bond acceptors (Lipinski definition) is 3. The smallest absolute Gasteiger partial charge is 0.335 e. The third-order valence-corrected chi connectivity index (χ3v) is 6.89. The summed E-state index contributed by atoms with van der Waals surface area (Å²) in [6.07, 6.45) is 0. The Morgan fingerprint density at radius 1 is 0.472 bits per heavy atom. The molecular formula is C27H15N3O6. The van der Waals surface area contributed by atoms with Crippen molar-refractivity contribution in [2.45, 2.75) is 0 Å². The first-order valence-corrected chi connectivity index (χ1v) is 11.0. The van der Waals surface area contributed by atoms with Gasteiger partial charge in [-0.2, -0.15) is 0 Å². The van der Waals surface area contributed by atoms with Crippen LogP contribution in [0.15, 0.2) is 54.6 Å². The number of aromatic amines is 3. The Bertz CT molecular complexity index is 2140. The van der Waals surface area contributed by atoms with Gasteiger partial charge in [0.15, 0.2) is 0 Å². The molecule has 0 unspecified atom stereocenters. The van der Waals surface area contributed by atoms with E-state index in [-0.39, 0.29) is 16.7 Å². The van der Waals surface area contributed by atoms with Crippen molar-refractivity contribution in [3.63, 3.8) is 0 Å². The van der Waals surface area contributed by atoms with Crippen LogP contribution in [0.4, 0.5) is 0 Å². The molecular weight excluding hydrogens is 462 g/mol. The second-order valence-electron chi connectivity index (χ2n) is 8.82. The van der Waals surface area contributed by atoms with E-state index in [0.717, 1.165) is 32.7 Å². The van der Waals surface area contributed by atoms with Gasteiger partial charge in [-0.05, 0) is 54.6 Å². The second kappa shape index (κ2) is 6.63. The Hall–Kier alpha value is -5.31. The Balaban J connectivity index is 1.80. The fourth-order valence-corrected chi connectivity index (χ4v) is 5.32. The number of aromatic nitrogens is 3. The van der Waals surface area contributed by atoms with Crippen LogP contribution in [0.3, 0.4) is 0 Å². The summed E-state index contributed by atoms with van der Waals surface area (Å²) < 4.78 is 0. The Morgan fingerprint density at radius 2 is 0.806 bits per heavy atom. The second-order valence-corrected chi connectivity index (χ2v) is 8.82. The predicted octanol–water partition coefficient (Wildman–Crippen LogP) is 5.68. The Labute approximate surface area is 199 Å². The van der Waals surface area contributed by atoms with E-state index in [0.29, 0.717) is 32.7 Å².